The van der Waals surface area contributed by atoms with Gasteiger partial charge in [0.2, 0.25) is 17.7 Å². The molecule has 1 heterocycles. The predicted molar refractivity (Wildman–Crippen MR) is 122 cm³/mol. The molecule has 0 bridgehead atoms. The Bertz CT molecular complexity index is 900. The SMILES string of the molecule is NC(=O)CC[C@H](NCCCCCC(=O)Nc1ccc(OS(=O)(=O)O)cc1)C(=O)N1CCCC1. The summed E-state index contributed by atoms with van der Waals surface area (Å²) < 4.78 is 34.3. The van der Waals surface area contributed by atoms with E-state index < -0.39 is 22.3 Å². The summed E-state index contributed by atoms with van der Waals surface area (Å²) in [5, 5.41) is 5.93. The second-order valence-corrected chi connectivity index (χ2v) is 8.96. The number of primary amides is 1. The van der Waals surface area contributed by atoms with Gasteiger partial charge in [-0.3, -0.25) is 18.9 Å². The Morgan fingerprint density at radius 3 is 2.33 bits per heavy atom. The zero-order valence-corrected chi connectivity index (χ0v) is 19.3. The van der Waals surface area contributed by atoms with Crippen molar-refractivity contribution in [2.75, 3.05) is 25.0 Å². The minimum absolute atomic E-state index is 0.0149. The molecular weight excluding hydrogens is 452 g/mol. The van der Waals surface area contributed by atoms with Crippen LogP contribution in [0.5, 0.6) is 5.75 Å². The van der Waals surface area contributed by atoms with Crippen molar-refractivity contribution >= 4 is 33.8 Å². The molecule has 1 aromatic carbocycles. The number of nitrogens with two attached hydrogens (primary N) is 1. The van der Waals surface area contributed by atoms with Crippen molar-refractivity contribution in [2.45, 2.75) is 57.4 Å². The molecule has 12 heteroatoms. The van der Waals surface area contributed by atoms with E-state index in [4.69, 9.17) is 10.3 Å². The lowest BCUT2D eigenvalue weighted by atomic mass is 10.1. The Hall–Kier alpha value is -2.70. The molecule has 1 fully saturated rings. The molecule has 1 saturated heterocycles. The van der Waals surface area contributed by atoms with Crippen LogP contribution in [0.1, 0.15) is 51.4 Å². The molecule has 0 radical (unpaired) electrons. The van der Waals surface area contributed by atoms with Crippen molar-refractivity contribution in [3.05, 3.63) is 24.3 Å². The highest BCUT2D eigenvalue weighted by atomic mass is 32.3. The smallest absolute Gasteiger partial charge is 0.370 e. The molecule has 0 aromatic heterocycles. The quantitative estimate of drug-likeness (QED) is 0.226. The lowest BCUT2D eigenvalue weighted by Gasteiger charge is -2.24. The summed E-state index contributed by atoms with van der Waals surface area (Å²) in [4.78, 5) is 37.6. The van der Waals surface area contributed by atoms with Crippen molar-refractivity contribution in [1.82, 2.24) is 10.2 Å². The van der Waals surface area contributed by atoms with Gasteiger partial charge >= 0.3 is 10.4 Å². The van der Waals surface area contributed by atoms with Gasteiger partial charge in [0, 0.05) is 31.6 Å². The molecule has 3 amide bonds. The van der Waals surface area contributed by atoms with Crippen LogP contribution in [0.3, 0.4) is 0 Å². The standard InChI is InChI=1S/C21H32N4O7S/c22-19(26)12-11-18(21(28)25-14-4-5-15-25)23-13-3-1-2-6-20(27)24-16-7-9-17(10-8-16)32-33(29,30)31/h7-10,18,23H,1-6,11-15H2,(H2,22,26)(H,24,27)(H,29,30,31)/t18-/m0/s1. The molecule has 0 spiro atoms. The Kier molecular flexibility index (Phi) is 10.6. The molecule has 1 aliphatic heterocycles. The first-order valence-electron chi connectivity index (χ1n) is 11.0. The highest BCUT2D eigenvalue weighted by Gasteiger charge is 2.26. The van der Waals surface area contributed by atoms with Gasteiger partial charge in [-0.25, -0.2) is 0 Å². The van der Waals surface area contributed by atoms with Crippen LogP contribution in [0.2, 0.25) is 0 Å². The number of nitrogens with zero attached hydrogens (tertiary/aromatic N) is 1. The summed E-state index contributed by atoms with van der Waals surface area (Å²) >= 11 is 0. The molecule has 1 atom stereocenters. The van der Waals surface area contributed by atoms with E-state index in [1.165, 1.54) is 24.3 Å². The molecule has 0 aliphatic carbocycles. The van der Waals surface area contributed by atoms with Crippen molar-refractivity contribution in [3.63, 3.8) is 0 Å². The van der Waals surface area contributed by atoms with Gasteiger partial charge in [0.05, 0.1) is 6.04 Å². The maximum Gasteiger partial charge on any atom is 0.446 e. The fraction of sp³-hybridized carbons (Fsp3) is 0.571. The number of carbonyl (C=O) groups is 3. The molecule has 11 nitrogen and oxygen atoms in total. The lowest BCUT2D eigenvalue weighted by molar-refractivity contribution is -0.132. The maximum absolute atomic E-state index is 12.6. The number of nitrogens with one attached hydrogen (secondary N) is 2. The number of hydrogen-bond acceptors (Lipinski definition) is 7. The second-order valence-electron chi connectivity index (χ2n) is 7.94. The van der Waals surface area contributed by atoms with Gasteiger partial charge < -0.3 is 25.5 Å². The lowest BCUT2D eigenvalue weighted by Crippen LogP contribution is -2.46. The van der Waals surface area contributed by atoms with Crippen molar-refractivity contribution in [3.8, 4) is 5.75 Å². The van der Waals surface area contributed by atoms with E-state index in [2.05, 4.69) is 14.8 Å². The summed E-state index contributed by atoms with van der Waals surface area (Å²) in [7, 11) is -4.59. The fourth-order valence-electron chi connectivity index (χ4n) is 3.56. The van der Waals surface area contributed by atoms with Crippen molar-refractivity contribution in [1.29, 1.82) is 0 Å². The third-order valence-electron chi connectivity index (χ3n) is 5.21. The van der Waals surface area contributed by atoms with E-state index in [0.717, 1.165) is 38.8 Å². The number of carbonyl (C=O) groups excluding carboxylic acids is 3. The first-order chi connectivity index (χ1) is 15.6. The molecule has 2 rings (SSSR count). The number of likely N-dealkylation sites (tertiary alicyclic amines) is 1. The molecule has 5 N–H and O–H groups in total. The Morgan fingerprint density at radius 1 is 1.06 bits per heavy atom. The normalized spacial score (nSPS) is 14.6. The minimum atomic E-state index is -4.59. The van der Waals surface area contributed by atoms with Crippen LogP contribution in [0, 0.1) is 0 Å². The summed E-state index contributed by atoms with van der Waals surface area (Å²) in [6, 6.07) is 5.13. The number of benzene rings is 1. The number of rotatable bonds is 14. The van der Waals surface area contributed by atoms with E-state index in [-0.39, 0.29) is 24.0 Å². The van der Waals surface area contributed by atoms with Crippen LogP contribution >= 0.6 is 0 Å². The fourth-order valence-corrected chi connectivity index (χ4v) is 3.91. The Balaban J connectivity index is 1.65. The van der Waals surface area contributed by atoms with E-state index >= 15 is 0 Å². The molecule has 1 aromatic rings. The second kappa shape index (κ2) is 13.1. The van der Waals surface area contributed by atoms with Gasteiger partial charge in [-0.05, 0) is 62.9 Å². The topological polar surface area (TPSA) is 168 Å². The Morgan fingerprint density at radius 2 is 1.73 bits per heavy atom. The number of anilines is 1. The molecule has 33 heavy (non-hydrogen) atoms. The molecule has 0 saturated carbocycles. The summed E-state index contributed by atoms with van der Waals surface area (Å²) in [6.45, 7) is 2.10. The largest absolute Gasteiger partial charge is 0.446 e. The van der Waals surface area contributed by atoms with Crippen LogP contribution in [-0.4, -0.2) is 61.3 Å². The average molecular weight is 485 g/mol. The van der Waals surface area contributed by atoms with E-state index in [0.29, 0.717) is 31.5 Å². The van der Waals surface area contributed by atoms with Crippen LogP contribution in [0.25, 0.3) is 0 Å². The zero-order chi connectivity index (χ0) is 24.3. The van der Waals surface area contributed by atoms with Gasteiger partial charge in [0.25, 0.3) is 0 Å². The zero-order valence-electron chi connectivity index (χ0n) is 18.5. The average Bonchev–Trinajstić information content (AvgIpc) is 3.27. The number of unbranched alkanes of at least 4 members (excludes halogenated alkanes) is 2. The predicted octanol–water partition coefficient (Wildman–Crippen LogP) is 1.21. The molecule has 1 aliphatic rings. The summed E-state index contributed by atoms with van der Waals surface area (Å²) in [5.41, 5.74) is 5.71. The highest BCUT2D eigenvalue weighted by molar-refractivity contribution is 7.81. The van der Waals surface area contributed by atoms with Crippen molar-refractivity contribution in [2.24, 2.45) is 5.73 Å². The van der Waals surface area contributed by atoms with Gasteiger partial charge in [-0.15, -0.1) is 0 Å². The van der Waals surface area contributed by atoms with Gasteiger partial charge in [-0.1, -0.05) is 6.42 Å². The first-order valence-corrected chi connectivity index (χ1v) is 12.4. The first kappa shape index (κ1) is 26.6. The van der Waals surface area contributed by atoms with Crippen LogP contribution < -0.4 is 20.6 Å². The van der Waals surface area contributed by atoms with E-state index in [9.17, 15) is 22.8 Å². The third-order valence-corrected chi connectivity index (χ3v) is 5.61. The molecule has 184 valence electrons. The minimum Gasteiger partial charge on any atom is -0.370 e. The van der Waals surface area contributed by atoms with Gasteiger partial charge in [0.1, 0.15) is 5.75 Å². The highest BCUT2D eigenvalue weighted by Crippen LogP contribution is 2.17. The van der Waals surface area contributed by atoms with E-state index in [1.807, 2.05) is 4.90 Å². The van der Waals surface area contributed by atoms with Gasteiger partial charge in [0.15, 0.2) is 0 Å². The monoisotopic (exact) mass is 484 g/mol. The molecular formula is C21H32N4O7S. The summed E-state index contributed by atoms with van der Waals surface area (Å²) in [6.07, 6.45) is 5.04. The summed E-state index contributed by atoms with van der Waals surface area (Å²) in [5.74, 6) is -0.668. The number of amides is 3. The van der Waals surface area contributed by atoms with Crippen LogP contribution in [0.15, 0.2) is 24.3 Å². The third kappa shape index (κ3) is 10.6. The van der Waals surface area contributed by atoms with E-state index in [1.54, 1.807) is 0 Å². The number of hydrogen-bond donors (Lipinski definition) is 4. The van der Waals surface area contributed by atoms with Crippen molar-refractivity contribution < 1.29 is 31.5 Å². The van der Waals surface area contributed by atoms with Crippen LogP contribution in [-0.2, 0) is 24.8 Å². The Labute approximate surface area is 194 Å². The van der Waals surface area contributed by atoms with Crippen LogP contribution in [0.4, 0.5) is 5.69 Å². The maximum atomic E-state index is 12.6. The van der Waals surface area contributed by atoms with Gasteiger partial charge in [-0.2, -0.15) is 8.42 Å². The molecule has 0 unspecified atom stereocenters.